The normalized spacial score (nSPS) is 39.9. The summed E-state index contributed by atoms with van der Waals surface area (Å²) in [6, 6.07) is 0.626. The van der Waals surface area contributed by atoms with Crippen molar-refractivity contribution in [2.75, 3.05) is 32.8 Å². The number of fused-ring (bicyclic) bond motifs is 2. The van der Waals surface area contributed by atoms with E-state index in [2.05, 4.69) is 36.2 Å². The van der Waals surface area contributed by atoms with Crippen molar-refractivity contribution in [2.45, 2.75) is 38.8 Å². The van der Waals surface area contributed by atoms with Gasteiger partial charge in [-0.05, 0) is 44.1 Å². The standard InChI is InChI=1S/C16H28N2O/c1-3-18-6-7-19-15(11-18)10-17-12(2)16-9-13-4-5-14(16)8-13/h4-5,12-17H,3,6-11H2,1-2H3. The monoisotopic (exact) mass is 264 g/mol. The van der Waals surface area contributed by atoms with Gasteiger partial charge in [0.1, 0.15) is 0 Å². The average Bonchev–Trinajstić information content (AvgIpc) is 3.07. The Balaban J connectivity index is 1.43. The van der Waals surface area contributed by atoms with Crippen molar-refractivity contribution >= 4 is 0 Å². The van der Waals surface area contributed by atoms with E-state index >= 15 is 0 Å². The van der Waals surface area contributed by atoms with Crippen molar-refractivity contribution in [3.05, 3.63) is 12.2 Å². The maximum absolute atomic E-state index is 5.87. The van der Waals surface area contributed by atoms with E-state index in [0.29, 0.717) is 12.1 Å². The zero-order chi connectivity index (χ0) is 13.2. The largest absolute Gasteiger partial charge is 0.374 e. The van der Waals surface area contributed by atoms with Gasteiger partial charge < -0.3 is 10.1 Å². The summed E-state index contributed by atoms with van der Waals surface area (Å²) in [7, 11) is 0. The zero-order valence-electron chi connectivity index (χ0n) is 12.3. The molecule has 0 aromatic carbocycles. The van der Waals surface area contributed by atoms with Crippen LogP contribution in [0.2, 0.25) is 0 Å². The second kappa shape index (κ2) is 5.94. The van der Waals surface area contributed by atoms with Crippen LogP contribution in [0.3, 0.4) is 0 Å². The van der Waals surface area contributed by atoms with E-state index in [1.54, 1.807) is 0 Å². The number of morpholine rings is 1. The Bertz CT molecular complexity index is 331. The molecule has 0 aromatic rings. The summed E-state index contributed by atoms with van der Waals surface area (Å²) in [6.07, 6.45) is 8.05. The Kier molecular flexibility index (Phi) is 4.25. The first kappa shape index (κ1) is 13.6. The molecule has 0 radical (unpaired) electrons. The molecule has 3 heteroatoms. The van der Waals surface area contributed by atoms with Gasteiger partial charge in [0.05, 0.1) is 12.7 Å². The molecule has 2 bridgehead atoms. The number of hydrogen-bond acceptors (Lipinski definition) is 3. The molecular weight excluding hydrogens is 236 g/mol. The number of nitrogens with one attached hydrogen (secondary N) is 1. The fourth-order valence-corrected chi connectivity index (χ4v) is 4.06. The van der Waals surface area contributed by atoms with Crippen molar-refractivity contribution in [1.82, 2.24) is 10.2 Å². The SMILES string of the molecule is CCN1CCOC(CNC(C)C2CC3C=CC2C3)C1. The molecule has 3 rings (SSSR count). The van der Waals surface area contributed by atoms with Gasteiger partial charge in [-0.15, -0.1) is 0 Å². The fraction of sp³-hybridized carbons (Fsp3) is 0.875. The highest BCUT2D eigenvalue weighted by Crippen LogP contribution is 2.44. The van der Waals surface area contributed by atoms with E-state index in [1.165, 1.54) is 12.8 Å². The van der Waals surface area contributed by atoms with Crippen LogP contribution in [0, 0.1) is 17.8 Å². The summed E-state index contributed by atoms with van der Waals surface area (Å²) < 4.78 is 5.87. The van der Waals surface area contributed by atoms with E-state index in [4.69, 9.17) is 4.74 Å². The van der Waals surface area contributed by atoms with Crippen molar-refractivity contribution in [1.29, 1.82) is 0 Å². The third kappa shape index (κ3) is 3.04. The Hall–Kier alpha value is -0.380. The van der Waals surface area contributed by atoms with Gasteiger partial charge in [0.15, 0.2) is 0 Å². The van der Waals surface area contributed by atoms with Crippen LogP contribution in [0.5, 0.6) is 0 Å². The van der Waals surface area contributed by atoms with Gasteiger partial charge in [-0.1, -0.05) is 19.1 Å². The molecule has 1 heterocycles. The van der Waals surface area contributed by atoms with Crippen molar-refractivity contribution < 1.29 is 4.74 Å². The topological polar surface area (TPSA) is 24.5 Å². The third-order valence-corrected chi connectivity index (χ3v) is 5.31. The van der Waals surface area contributed by atoms with Gasteiger partial charge in [0, 0.05) is 25.7 Å². The molecule has 3 nitrogen and oxygen atoms in total. The highest BCUT2D eigenvalue weighted by atomic mass is 16.5. The van der Waals surface area contributed by atoms with Gasteiger partial charge in [0.25, 0.3) is 0 Å². The number of rotatable bonds is 5. The quantitative estimate of drug-likeness (QED) is 0.768. The van der Waals surface area contributed by atoms with Crippen molar-refractivity contribution in [2.24, 2.45) is 17.8 Å². The van der Waals surface area contributed by atoms with Crippen LogP contribution in [-0.2, 0) is 4.74 Å². The number of ether oxygens (including phenoxy) is 1. The minimum absolute atomic E-state index is 0.380. The molecule has 5 atom stereocenters. The van der Waals surface area contributed by atoms with E-state index in [0.717, 1.165) is 50.5 Å². The number of likely N-dealkylation sites (N-methyl/N-ethyl adjacent to an activating group) is 1. The summed E-state index contributed by atoms with van der Waals surface area (Å²) in [5, 5.41) is 3.74. The maximum atomic E-state index is 5.87. The molecule has 1 N–H and O–H groups in total. The second-order valence-corrected chi connectivity index (χ2v) is 6.53. The first-order valence-electron chi connectivity index (χ1n) is 8.02. The van der Waals surface area contributed by atoms with Gasteiger partial charge in [0.2, 0.25) is 0 Å². The molecule has 2 aliphatic carbocycles. The van der Waals surface area contributed by atoms with E-state index in [1.807, 2.05) is 0 Å². The van der Waals surface area contributed by atoms with E-state index < -0.39 is 0 Å². The Labute approximate surface area is 117 Å². The molecular formula is C16H28N2O. The third-order valence-electron chi connectivity index (χ3n) is 5.31. The summed E-state index contributed by atoms with van der Waals surface area (Å²) in [6.45, 7) is 9.83. The van der Waals surface area contributed by atoms with Gasteiger partial charge in [-0.3, -0.25) is 4.90 Å². The summed E-state index contributed by atoms with van der Waals surface area (Å²) in [4.78, 5) is 2.49. The van der Waals surface area contributed by atoms with E-state index in [9.17, 15) is 0 Å². The van der Waals surface area contributed by atoms with Crippen molar-refractivity contribution in [3.63, 3.8) is 0 Å². The predicted octanol–water partition coefficient (Wildman–Crippen LogP) is 1.90. The fourth-order valence-electron chi connectivity index (χ4n) is 4.06. The van der Waals surface area contributed by atoms with Gasteiger partial charge >= 0.3 is 0 Å². The van der Waals surface area contributed by atoms with Crippen LogP contribution in [0.1, 0.15) is 26.7 Å². The lowest BCUT2D eigenvalue weighted by molar-refractivity contribution is -0.0270. The molecule has 1 saturated carbocycles. The lowest BCUT2D eigenvalue weighted by Gasteiger charge is -2.34. The molecule has 19 heavy (non-hydrogen) atoms. The molecule has 0 amide bonds. The van der Waals surface area contributed by atoms with Gasteiger partial charge in [-0.25, -0.2) is 0 Å². The summed E-state index contributed by atoms with van der Waals surface area (Å²) in [5.41, 5.74) is 0. The predicted molar refractivity (Wildman–Crippen MR) is 78.2 cm³/mol. The second-order valence-electron chi connectivity index (χ2n) is 6.53. The van der Waals surface area contributed by atoms with Crippen LogP contribution >= 0.6 is 0 Å². The molecule has 1 saturated heterocycles. The summed E-state index contributed by atoms with van der Waals surface area (Å²) >= 11 is 0. The zero-order valence-corrected chi connectivity index (χ0v) is 12.3. The Morgan fingerprint density at radius 1 is 1.37 bits per heavy atom. The Morgan fingerprint density at radius 3 is 2.95 bits per heavy atom. The lowest BCUT2D eigenvalue weighted by Crippen LogP contribution is -2.49. The van der Waals surface area contributed by atoms with Crippen LogP contribution in [0.4, 0.5) is 0 Å². The maximum Gasteiger partial charge on any atom is 0.0826 e. The number of hydrogen-bond donors (Lipinski definition) is 1. The van der Waals surface area contributed by atoms with Gasteiger partial charge in [-0.2, -0.15) is 0 Å². The van der Waals surface area contributed by atoms with Crippen LogP contribution < -0.4 is 5.32 Å². The van der Waals surface area contributed by atoms with Crippen LogP contribution in [0.15, 0.2) is 12.2 Å². The van der Waals surface area contributed by atoms with Crippen LogP contribution in [-0.4, -0.2) is 49.8 Å². The van der Waals surface area contributed by atoms with E-state index in [-0.39, 0.29) is 0 Å². The molecule has 3 aliphatic rings. The highest BCUT2D eigenvalue weighted by molar-refractivity contribution is 5.11. The molecule has 108 valence electrons. The smallest absolute Gasteiger partial charge is 0.0826 e. The summed E-state index contributed by atoms with van der Waals surface area (Å²) in [5.74, 6) is 2.56. The average molecular weight is 264 g/mol. The Morgan fingerprint density at radius 2 is 2.26 bits per heavy atom. The van der Waals surface area contributed by atoms with Crippen LogP contribution in [0.25, 0.3) is 0 Å². The minimum Gasteiger partial charge on any atom is -0.374 e. The number of allylic oxidation sites excluding steroid dienone is 2. The number of nitrogens with zero attached hydrogens (tertiary/aromatic N) is 1. The highest BCUT2D eigenvalue weighted by Gasteiger charge is 2.38. The molecule has 0 aromatic heterocycles. The first-order valence-corrected chi connectivity index (χ1v) is 8.02. The first-order chi connectivity index (χ1) is 9.26. The molecule has 2 fully saturated rings. The molecule has 1 aliphatic heterocycles. The molecule has 0 spiro atoms. The molecule has 5 unspecified atom stereocenters. The lowest BCUT2D eigenvalue weighted by atomic mass is 9.87. The van der Waals surface area contributed by atoms with Crippen molar-refractivity contribution in [3.8, 4) is 0 Å². The minimum atomic E-state index is 0.380.